The van der Waals surface area contributed by atoms with Gasteiger partial charge in [0.25, 0.3) is 0 Å². The summed E-state index contributed by atoms with van der Waals surface area (Å²) in [6.07, 6.45) is 2.03. The van der Waals surface area contributed by atoms with E-state index in [2.05, 4.69) is 0 Å². The number of ketones is 1. The highest BCUT2D eigenvalue weighted by molar-refractivity contribution is 6.03. The molecule has 0 saturated carbocycles. The smallest absolute Gasteiger partial charge is 0.319 e. The monoisotopic (exact) mass is 170 g/mol. The summed E-state index contributed by atoms with van der Waals surface area (Å²) in [6, 6.07) is 0. The predicted octanol–water partition coefficient (Wildman–Crippen LogP) is 1.31. The maximum absolute atomic E-state index is 11.3. The van der Waals surface area contributed by atoms with Crippen molar-refractivity contribution in [3.63, 3.8) is 0 Å². The Balaban J connectivity index is 2.85. The van der Waals surface area contributed by atoms with Crippen molar-refractivity contribution < 1.29 is 14.3 Å². The Morgan fingerprint density at radius 1 is 1.67 bits per heavy atom. The van der Waals surface area contributed by atoms with Gasteiger partial charge < -0.3 is 4.74 Å². The van der Waals surface area contributed by atoms with E-state index in [0.29, 0.717) is 19.4 Å². The summed E-state index contributed by atoms with van der Waals surface area (Å²) in [4.78, 5) is 22.6. The zero-order valence-corrected chi connectivity index (χ0v) is 7.55. The van der Waals surface area contributed by atoms with E-state index >= 15 is 0 Å². The molecule has 3 heteroatoms. The van der Waals surface area contributed by atoms with Gasteiger partial charge in [-0.1, -0.05) is 13.3 Å². The summed E-state index contributed by atoms with van der Waals surface area (Å²) in [6.45, 7) is 3.84. The Labute approximate surface area is 72.1 Å². The van der Waals surface area contributed by atoms with Crippen LogP contribution >= 0.6 is 0 Å². The molecule has 0 amide bonds. The summed E-state index contributed by atoms with van der Waals surface area (Å²) in [5.41, 5.74) is -0.797. The second-order valence-electron chi connectivity index (χ2n) is 3.27. The second-order valence-corrected chi connectivity index (χ2v) is 3.27. The molecule has 0 aromatic heterocycles. The van der Waals surface area contributed by atoms with Crippen molar-refractivity contribution in [1.29, 1.82) is 0 Å². The molecule has 0 bridgehead atoms. The van der Waals surface area contributed by atoms with Crippen LogP contribution < -0.4 is 0 Å². The van der Waals surface area contributed by atoms with Gasteiger partial charge >= 0.3 is 5.97 Å². The van der Waals surface area contributed by atoms with Gasteiger partial charge in [0.1, 0.15) is 11.2 Å². The molecule has 0 N–H and O–H groups in total. The normalized spacial score (nSPS) is 28.7. The highest BCUT2D eigenvalue weighted by Crippen LogP contribution is 2.35. The summed E-state index contributed by atoms with van der Waals surface area (Å²) >= 11 is 0. The lowest BCUT2D eigenvalue weighted by atomic mass is 9.79. The van der Waals surface area contributed by atoms with E-state index in [-0.39, 0.29) is 11.8 Å². The molecule has 1 rings (SSSR count). The first-order valence-corrected chi connectivity index (χ1v) is 4.32. The third kappa shape index (κ3) is 1.24. The molecule has 1 saturated heterocycles. The molecular formula is C9H14O3. The molecule has 1 unspecified atom stereocenters. The lowest BCUT2D eigenvalue weighted by molar-refractivity contribution is -0.151. The number of Topliss-reactive ketones (excluding diaryl/α,β-unsaturated/α-hetero) is 1. The van der Waals surface area contributed by atoms with Gasteiger partial charge in [0.15, 0.2) is 0 Å². The summed E-state index contributed by atoms with van der Waals surface area (Å²) < 4.78 is 4.82. The summed E-state index contributed by atoms with van der Waals surface area (Å²) in [5.74, 6) is -0.372. The van der Waals surface area contributed by atoms with E-state index in [1.165, 1.54) is 6.92 Å². The maximum Gasteiger partial charge on any atom is 0.319 e. The van der Waals surface area contributed by atoms with Gasteiger partial charge in [-0.2, -0.15) is 0 Å². The zero-order valence-electron chi connectivity index (χ0n) is 7.55. The van der Waals surface area contributed by atoms with E-state index in [4.69, 9.17) is 4.74 Å². The SMILES string of the molecule is CCCC1(C(C)=O)CCOC1=O. The molecule has 68 valence electrons. The van der Waals surface area contributed by atoms with Gasteiger partial charge in [-0.15, -0.1) is 0 Å². The van der Waals surface area contributed by atoms with Gasteiger partial charge in [-0.3, -0.25) is 9.59 Å². The topological polar surface area (TPSA) is 43.4 Å². The van der Waals surface area contributed by atoms with Gasteiger partial charge in [-0.25, -0.2) is 0 Å². The minimum Gasteiger partial charge on any atom is -0.465 e. The molecule has 1 aliphatic heterocycles. The number of hydrogen-bond acceptors (Lipinski definition) is 3. The zero-order chi connectivity index (χ0) is 9.19. The van der Waals surface area contributed by atoms with E-state index in [1.807, 2.05) is 6.92 Å². The van der Waals surface area contributed by atoms with Crippen molar-refractivity contribution in [3.05, 3.63) is 0 Å². The molecule has 3 nitrogen and oxygen atoms in total. The van der Waals surface area contributed by atoms with Crippen LogP contribution in [0.3, 0.4) is 0 Å². The van der Waals surface area contributed by atoms with Crippen molar-refractivity contribution in [3.8, 4) is 0 Å². The molecule has 1 heterocycles. The predicted molar refractivity (Wildman–Crippen MR) is 43.6 cm³/mol. The van der Waals surface area contributed by atoms with Crippen LogP contribution in [0.2, 0.25) is 0 Å². The molecule has 1 aliphatic rings. The number of hydrogen-bond donors (Lipinski definition) is 0. The molecule has 0 radical (unpaired) electrons. The van der Waals surface area contributed by atoms with Crippen LogP contribution in [0.1, 0.15) is 33.1 Å². The van der Waals surface area contributed by atoms with Crippen LogP contribution in [-0.4, -0.2) is 18.4 Å². The maximum atomic E-state index is 11.3. The van der Waals surface area contributed by atoms with E-state index in [9.17, 15) is 9.59 Å². The molecule has 1 atom stereocenters. The van der Waals surface area contributed by atoms with Crippen LogP contribution in [0.15, 0.2) is 0 Å². The summed E-state index contributed by atoms with van der Waals surface area (Å²) in [5, 5.41) is 0. The molecule has 1 fully saturated rings. The third-order valence-electron chi connectivity index (χ3n) is 2.50. The minimum atomic E-state index is -0.797. The second kappa shape index (κ2) is 3.25. The van der Waals surface area contributed by atoms with Crippen LogP contribution in [-0.2, 0) is 14.3 Å². The third-order valence-corrected chi connectivity index (χ3v) is 2.50. The van der Waals surface area contributed by atoms with Gasteiger partial charge in [0, 0.05) is 6.42 Å². The number of ether oxygens (including phenoxy) is 1. The van der Waals surface area contributed by atoms with E-state index < -0.39 is 5.41 Å². The first-order chi connectivity index (χ1) is 5.63. The first kappa shape index (κ1) is 9.23. The van der Waals surface area contributed by atoms with Crippen LogP contribution in [0.4, 0.5) is 0 Å². The molecule has 0 aliphatic carbocycles. The molecule has 0 aromatic rings. The Kier molecular flexibility index (Phi) is 2.50. The molecule has 0 spiro atoms. The molecular weight excluding hydrogens is 156 g/mol. The summed E-state index contributed by atoms with van der Waals surface area (Å²) in [7, 11) is 0. The Hall–Kier alpha value is -0.860. The van der Waals surface area contributed by atoms with Crippen molar-refractivity contribution in [2.75, 3.05) is 6.61 Å². The average molecular weight is 170 g/mol. The van der Waals surface area contributed by atoms with E-state index in [1.54, 1.807) is 0 Å². The van der Waals surface area contributed by atoms with Crippen molar-refractivity contribution >= 4 is 11.8 Å². The van der Waals surface area contributed by atoms with Crippen LogP contribution in [0.25, 0.3) is 0 Å². The Morgan fingerprint density at radius 2 is 2.33 bits per heavy atom. The lowest BCUT2D eigenvalue weighted by Gasteiger charge is -2.19. The number of carbonyl (C=O) groups excluding carboxylic acids is 2. The van der Waals surface area contributed by atoms with Gasteiger partial charge in [0.2, 0.25) is 0 Å². The first-order valence-electron chi connectivity index (χ1n) is 4.32. The number of cyclic esters (lactones) is 1. The number of esters is 1. The number of rotatable bonds is 3. The van der Waals surface area contributed by atoms with Crippen molar-refractivity contribution in [1.82, 2.24) is 0 Å². The Morgan fingerprint density at radius 3 is 2.67 bits per heavy atom. The average Bonchev–Trinajstić information content (AvgIpc) is 2.34. The highest BCUT2D eigenvalue weighted by Gasteiger charge is 2.47. The molecule has 12 heavy (non-hydrogen) atoms. The number of carbonyl (C=O) groups is 2. The largest absolute Gasteiger partial charge is 0.465 e. The Bertz CT molecular complexity index is 210. The van der Waals surface area contributed by atoms with Crippen LogP contribution in [0.5, 0.6) is 0 Å². The molecule has 0 aromatic carbocycles. The fourth-order valence-corrected chi connectivity index (χ4v) is 1.71. The van der Waals surface area contributed by atoms with Gasteiger partial charge in [0.05, 0.1) is 6.61 Å². The lowest BCUT2D eigenvalue weighted by Crippen LogP contribution is -2.33. The van der Waals surface area contributed by atoms with Gasteiger partial charge in [-0.05, 0) is 13.3 Å². The standard InChI is InChI=1S/C9H14O3/c1-3-4-9(7(2)10)5-6-12-8(9)11/h3-6H2,1-2H3. The van der Waals surface area contributed by atoms with Crippen molar-refractivity contribution in [2.45, 2.75) is 33.1 Å². The minimum absolute atomic E-state index is 0.0492. The van der Waals surface area contributed by atoms with Crippen molar-refractivity contribution in [2.24, 2.45) is 5.41 Å². The fraction of sp³-hybridized carbons (Fsp3) is 0.778. The highest BCUT2D eigenvalue weighted by atomic mass is 16.5. The fourth-order valence-electron chi connectivity index (χ4n) is 1.71. The van der Waals surface area contributed by atoms with E-state index in [0.717, 1.165) is 6.42 Å². The van der Waals surface area contributed by atoms with Crippen LogP contribution in [0, 0.1) is 5.41 Å². The quantitative estimate of drug-likeness (QED) is 0.473.